The molecule has 3 nitrogen and oxygen atoms in total. The number of halogens is 2. The molecule has 3 unspecified atom stereocenters. The molecule has 92 valence electrons. The van der Waals surface area contributed by atoms with Crippen molar-refractivity contribution in [2.45, 2.75) is 37.4 Å². The molecule has 3 atom stereocenters. The van der Waals surface area contributed by atoms with Gasteiger partial charge >= 0.3 is 0 Å². The van der Waals surface area contributed by atoms with Crippen LogP contribution in [0.2, 0.25) is 5.02 Å². The highest BCUT2D eigenvalue weighted by molar-refractivity contribution is 9.11. The van der Waals surface area contributed by atoms with Gasteiger partial charge < -0.3 is 10.6 Å². The summed E-state index contributed by atoms with van der Waals surface area (Å²) in [7, 11) is 0. The van der Waals surface area contributed by atoms with Gasteiger partial charge in [0, 0.05) is 18.1 Å². The molecule has 3 heterocycles. The van der Waals surface area contributed by atoms with E-state index in [1.54, 1.807) is 6.07 Å². The lowest BCUT2D eigenvalue weighted by Gasteiger charge is -2.20. The van der Waals surface area contributed by atoms with Crippen LogP contribution >= 0.6 is 38.9 Å². The fourth-order valence-electron chi connectivity index (χ4n) is 2.68. The van der Waals surface area contributed by atoms with Gasteiger partial charge in [-0.05, 0) is 41.3 Å². The predicted octanol–water partition coefficient (Wildman–Crippen LogP) is 2.79. The summed E-state index contributed by atoms with van der Waals surface area (Å²) in [6.07, 6.45) is 3.47. The minimum absolute atomic E-state index is 0.0121. The Hall–Kier alpha value is -0.100. The van der Waals surface area contributed by atoms with Gasteiger partial charge in [0.1, 0.15) is 0 Å². The third-order valence-electron chi connectivity index (χ3n) is 3.49. The fraction of sp³-hybridized carbons (Fsp3) is 0.545. The van der Waals surface area contributed by atoms with E-state index < -0.39 is 0 Å². The van der Waals surface area contributed by atoms with Crippen molar-refractivity contribution in [2.24, 2.45) is 0 Å². The highest BCUT2D eigenvalue weighted by atomic mass is 79.9. The first-order chi connectivity index (χ1) is 8.13. The Balaban J connectivity index is 1.67. The van der Waals surface area contributed by atoms with Gasteiger partial charge in [0.05, 0.1) is 13.7 Å². The standard InChI is InChI=1S/C11H12BrClN2OS/c12-10-6(13)4-9(17-10)11(16)15-8-3-5-1-2-7(8)14-5/h4-5,7-8,14H,1-3H2,(H,15,16). The summed E-state index contributed by atoms with van der Waals surface area (Å²) in [6.45, 7) is 0. The second-order valence-electron chi connectivity index (χ2n) is 4.60. The molecule has 1 aromatic rings. The lowest BCUT2D eigenvalue weighted by atomic mass is 9.95. The summed E-state index contributed by atoms with van der Waals surface area (Å²) >= 11 is 10.6. The zero-order valence-corrected chi connectivity index (χ0v) is 12.2. The first-order valence-corrected chi connectivity index (χ1v) is 7.64. The van der Waals surface area contributed by atoms with Crippen LogP contribution in [0.3, 0.4) is 0 Å². The Morgan fingerprint density at radius 2 is 2.41 bits per heavy atom. The summed E-state index contributed by atoms with van der Waals surface area (Å²) in [5.74, 6) is -0.0121. The molecule has 0 saturated carbocycles. The van der Waals surface area contributed by atoms with Gasteiger partial charge in [-0.2, -0.15) is 0 Å². The lowest BCUT2D eigenvalue weighted by molar-refractivity contribution is 0.0935. The molecule has 1 aromatic heterocycles. The van der Waals surface area contributed by atoms with Gasteiger partial charge in [-0.3, -0.25) is 4.79 Å². The summed E-state index contributed by atoms with van der Waals surface area (Å²) < 4.78 is 0.815. The first kappa shape index (κ1) is 12.0. The molecule has 1 amide bonds. The summed E-state index contributed by atoms with van der Waals surface area (Å²) in [5.41, 5.74) is 0. The maximum Gasteiger partial charge on any atom is 0.261 e. The van der Waals surface area contributed by atoms with E-state index in [-0.39, 0.29) is 11.9 Å². The van der Waals surface area contributed by atoms with E-state index in [4.69, 9.17) is 11.6 Å². The van der Waals surface area contributed by atoms with Crippen LogP contribution in [0, 0.1) is 0 Å². The van der Waals surface area contributed by atoms with E-state index in [9.17, 15) is 4.79 Å². The lowest BCUT2D eigenvalue weighted by Crippen LogP contribution is -2.42. The van der Waals surface area contributed by atoms with Crippen molar-refractivity contribution < 1.29 is 4.79 Å². The van der Waals surface area contributed by atoms with Crippen LogP contribution in [0.25, 0.3) is 0 Å². The van der Waals surface area contributed by atoms with E-state index in [2.05, 4.69) is 26.6 Å². The maximum absolute atomic E-state index is 12.0. The van der Waals surface area contributed by atoms with Gasteiger partial charge in [-0.1, -0.05) is 11.6 Å². The molecule has 6 heteroatoms. The van der Waals surface area contributed by atoms with Gasteiger partial charge in [-0.25, -0.2) is 0 Å². The molecule has 17 heavy (non-hydrogen) atoms. The van der Waals surface area contributed by atoms with Crippen LogP contribution < -0.4 is 10.6 Å². The highest BCUT2D eigenvalue weighted by Gasteiger charge is 2.39. The van der Waals surface area contributed by atoms with E-state index >= 15 is 0 Å². The molecule has 2 aliphatic heterocycles. The van der Waals surface area contributed by atoms with Crippen LogP contribution in [0.15, 0.2) is 9.85 Å². The molecule has 3 rings (SSSR count). The molecule has 0 radical (unpaired) electrons. The van der Waals surface area contributed by atoms with E-state index in [0.29, 0.717) is 22.0 Å². The molecule has 2 fully saturated rings. The van der Waals surface area contributed by atoms with Crippen LogP contribution in [-0.2, 0) is 0 Å². The molecule has 2 saturated heterocycles. The second-order valence-corrected chi connectivity index (χ2v) is 7.37. The van der Waals surface area contributed by atoms with E-state index in [1.165, 1.54) is 24.2 Å². The predicted molar refractivity (Wildman–Crippen MR) is 72.8 cm³/mol. The third kappa shape index (κ3) is 2.26. The number of nitrogens with one attached hydrogen (secondary N) is 2. The maximum atomic E-state index is 12.0. The van der Waals surface area contributed by atoms with Crippen LogP contribution in [-0.4, -0.2) is 24.0 Å². The van der Waals surface area contributed by atoms with Crippen molar-refractivity contribution in [3.8, 4) is 0 Å². The van der Waals surface area contributed by atoms with Crippen molar-refractivity contribution in [3.05, 3.63) is 19.8 Å². The smallest absolute Gasteiger partial charge is 0.261 e. The Morgan fingerprint density at radius 1 is 1.59 bits per heavy atom. The minimum atomic E-state index is -0.0121. The average Bonchev–Trinajstić information content (AvgIpc) is 2.95. The van der Waals surface area contributed by atoms with Crippen LogP contribution in [0.5, 0.6) is 0 Å². The minimum Gasteiger partial charge on any atom is -0.347 e. The fourth-order valence-corrected chi connectivity index (χ4v) is 4.29. The number of carbonyl (C=O) groups is 1. The van der Waals surface area contributed by atoms with Gasteiger partial charge in [0.2, 0.25) is 0 Å². The Labute approximate surface area is 117 Å². The Kier molecular flexibility index (Phi) is 3.19. The number of thiophene rings is 1. The van der Waals surface area contributed by atoms with E-state index in [1.807, 2.05) is 0 Å². The zero-order valence-electron chi connectivity index (χ0n) is 9.00. The van der Waals surface area contributed by atoms with Crippen molar-refractivity contribution in [1.29, 1.82) is 0 Å². The van der Waals surface area contributed by atoms with Gasteiger partial charge in [-0.15, -0.1) is 11.3 Å². The van der Waals surface area contributed by atoms with Crippen LogP contribution in [0.1, 0.15) is 28.9 Å². The number of fused-ring (bicyclic) bond motifs is 2. The Bertz CT molecular complexity index is 445. The molecule has 2 bridgehead atoms. The third-order valence-corrected chi connectivity index (χ3v) is 5.96. The highest BCUT2D eigenvalue weighted by Crippen LogP contribution is 2.33. The summed E-state index contributed by atoms with van der Waals surface area (Å²) in [6, 6.07) is 3.06. The largest absolute Gasteiger partial charge is 0.347 e. The molecule has 0 spiro atoms. The first-order valence-electron chi connectivity index (χ1n) is 5.65. The van der Waals surface area contributed by atoms with E-state index in [0.717, 1.165) is 10.2 Å². The number of rotatable bonds is 2. The molecule has 0 aliphatic carbocycles. The van der Waals surface area contributed by atoms with Crippen molar-refractivity contribution in [2.75, 3.05) is 0 Å². The Morgan fingerprint density at radius 3 is 2.94 bits per heavy atom. The molecular formula is C11H12BrClN2OS. The van der Waals surface area contributed by atoms with Gasteiger partial charge in [0.15, 0.2) is 0 Å². The van der Waals surface area contributed by atoms with Crippen molar-refractivity contribution in [3.63, 3.8) is 0 Å². The summed E-state index contributed by atoms with van der Waals surface area (Å²) in [4.78, 5) is 12.7. The zero-order chi connectivity index (χ0) is 12.0. The summed E-state index contributed by atoms with van der Waals surface area (Å²) in [5, 5.41) is 7.20. The monoisotopic (exact) mass is 334 g/mol. The molecule has 0 aromatic carbocycles. The number of carbonyl (C=O) groups excluding carboxylic acids is 1. The van der Waals surface area contributed by atoms with Gasteiger partial charge in [0.25, 0.3) is 5.91 Å². The van der Waals surface area contributed by atoms with Crippen molar-refractivity contribution >= 4 is 44.8 Å². The normalized spacial score (nSPS) is 30.8. The molecule has 2 N–H and O–H groups in total. The average molecular weight is 336 g/mol. The number of amides is 1. The number of hydrogen-bond donors (Lipinski definition) is 2. The SMILES string of the molecule is O=C(NC1CC2CCC1N2)c1cc(Cl)c(Br)s1. The molecular weight excluding hydrogens is 324 g/mol. The number of hydrogen-bond acceptors (Lipinski definition) is 3. The second kappa shape index (κ2) is 4.53. The quantitative estimate of drug-likeness (QED) is 0.872. The topological polar surface area (TPSA) is 41.1 Å². The molecule has 2 aliphatic rings. The van der Waals surface area contributed by atoms with Crippen molar-refractivity contribution in [1.82, 2.24) is 10.6 Å². The van der Waals surface area contributed by atoms with Crippen LogP contribution in [0.4, 0.5) is 0 Å².